The van der Waals surface area contributed by atoms with Gasteiger partial charge in [0.05, 0.1) is 5.56 Å². The average Bonchev–Trinajstić information content (AvgIpc) is 2.61. The number of carbonyl (C=O) groups is 2. The van der Waals surface area contributed by atoms with Gasteiger partial charge in [-0.1, -0.05) is 24.3 Å². The van der Waals surface area contributed by atoms with E-state index in [-0.39, 0.29) is 17.4 Å². The van der Waals surface area contributed by atoms with Crippen molar-refractivity contribution >= 4 is 22.6 Å². The maximum absolute atomic E-state index is 12.0. The van der Waals surface area contributed by atoms with Crippen LogP contribution in [-0.2, 0) is 0 Å². The van der Waals surface area contributed by atoms with Gasteiger partial charge in [0.15, 0.2) is 0 Å². The molecule has 2 aromatic carbocycles. The molecule has 24 heavy (non-hydrogen) atoms. The number of aromatic carboxylic acids is 1. The number of hydrogen-bond donors (Lipinski definition) is 2. The number of amides is 1. The molecular weight excluding hydrogens is 308 g/mol. The normalized spacial score (nSPS) is 10.4. The molecule has 6 heteroatoms. The molecule has 0 fully saturated rings. The van der Waals surface area contributed by atoms with Crippen molar-refractivity contribution in [2.75, 3.05) is 7.05 Å². The Bertz CT molecular complexity index is 920. The minimum atomic E-state index is -1.05. The van der Waals surface area contributed by atoms with Crippen LogP contribution in [0.1, 0.15) is 20.7 Å². The van der Waals surface area contributed by atoms with E-state index in [0.717, 1.165) is 10.8 Å². The van der Waals surface area contributed by atoms with Crippen molar-refractivity contribution in [2.24, 2.45) is 0 Å². The molecule has 0 aliphatic carbocycles. The Morgan fingerprint density at radius 3 is 2.46 bits per heavy atom. The molecular formula is C18H14N2O4. The van der Waals surface area contributed by atoms with Gasteiger partial charge in [-0.05, 0) is 23.6 Å². The fraction of sp³-hybridized carbons (Fsp3) is 0.0556. The summed E-state index contributed by atoms with van der Waals surface area (Å²) < 4.78 is 5.76. The Morgan fingerprint density at radius 1 is 1.04 bits per heavy atom. The van der Waals surface area contributed by atoms with E-state index in [0.29, 0.717) is 11.3 Å². The summed E-state index contributed by atoms with van der Waals surface area (Å²) in [7, 11) is 1.58. The lowest BCUT2D eigenvalue weighted by Gasteiger charge is -2.10. The molecule has 0 saturated carbocycles. The van der Waals surface area contributed by atoms with Crippen LogP contribution in [0.3, 0.4) is 0 Å². The Labute approximate surface area is 137 Å². The predicted molar refractivity (Wildman–Crippen MR) is 88.6 cm³/mol. The van der Waals surface area contributed by atoms with Gasteiger partial charge in [-0.2, -0.15) is 0 Å². The van der Waals surface area contributed by atoms with Gasteiger partial charge in [0.25, 0.3) is 5.91 Å². The van der Waals surface area contributed by atoms with Crippen molar-refractivity contribution in [3.05, 3.63) is 65.9 Å². The zero-order chi connectivity index (χ0) is 17.1. The topological polar surface area (TPSA) is 88.5 Å². The van der Waals surface area contributed by atoms with E-state index in [2.05, 4.69) is 10.3 Å². The lowest BCUT2D eigenvalue weighted by atomic mass is 10.0. The van der Waals surface area contributed by atoms with Crippen LogP contribution in [0.4, 0.5) is 0 Å². The van der Waals surface area contributed by atoms with Crippen LogP contribution < -0.4 is 10.1 Å². The highest BCUT2D eigenvalue weighted by molar-refractivity contribution is 6.08. The van der Waals surface area contributed by atoms with Crippen molar-refractivity contribution in [1.29, 1.82) is 0 Å². The minimum Gasteiger partial charge on any atom is -0.478 e. The molecule has 2 N–H and O–H groups in total. The molecule has 0 radical (unpaired) electrons. The maximum Gasteiger partial charge on any atom is 0.337 e. The smallest absolute Gasteiger partial charge is 0.337 e. The zero-order valence-electron chi connectivity index (χ0n) is 12.8. The Hall–Kier alpha value is -3.41. The number of nitrogens with zero attached hydrogens (tertiary/aromatic N) is 1. The number of rotatable bonds is 4. The first-order valence-electron chi connectivity index (χ1n) is 7.21. The van der Waals surface area contributed by atoms with Crippen LogP contribution in [0.25, 0.3) is 10.8 Å². The van der Waals surface area contributed by atoms with E-state index < -0.39 is 5.97 Å². The van der Waals surface area contributed by atoms with Crippen molar-refractivity contribution in [2.45, 2.75) is 0 Å². The minimum absolute atomic E-state index is 0.0853. The van der Waals surface area contributed by atoms with Crippen molar-refractivity contribution in [3.8, 4) is 11.6 Å². The SMILES string of the molecule is CNC(=O)c1cccc2c(Oc3ccc(C(=O)O)cn3)cccc12. The highest BCUT2D eigenvalue weighted by atomic mass is 16.5. The van der Waals surface area contributed by atoms with Crippen LogP contribution in [-0.4, -0.2) is 29.0 Å². The van der Waals surface area contributed by atoms with Gasteiger partial charge in [0.1, 0.15) is 5.75 Å². The van der Waals surface area contributed by atoms with Gasteiger partial charge >= 0.3 is 5.97 Å². The summed E-state index contributed by atoms with van der Waals surface area (Å²) in [5.41, 5.74) is 0.636. The average molecular weight is 322 g/mol. The number of carboxylic acid groups (broad SMARTS) is 1. The van der Waals surface area contributed by atoms with Gasteiger partial charge in [-0.3, -0.25) is 4.79 Å². The number of aromatic nitrogens is 1. The van der Waals surface area contributed by atoms with Crippen molar-refractivity contribution in [3.63, 3.8) is 0 Å². The highest BCUT2D eigenvalue weighted by Crippen LogP contribution is 2.31. The molecule has 0 spiro atoms. The zero-order valence-corrected chi connectivity index (χ0v) is 12.8. The molecule has 1 aromatic heterocycles. The van der Waals surface area contributed by atoms with Crippen LogP contribution in [0.5, 0.6) is 11.6 Å². The summed E-state index contributed by atoms with van der Waals surface area (Å²) in [5, 5.41) is 13.0. The number of carboxylic acids is 1. The highest BCUT2D eigenvalue weighted by Gasteiger charge is 2.12. The number of hydrogen-bond acceptors (Lipinski definition) is 4. The maximum atomic E-state index is 12.0. The van der Waals surface area contributed by atoms with Crippen LogP contribution in [0.2, 0.25) is 0 Å². The fourth-order valence-electron chi connectivity index (χ4n) is 2.38. The second-order valence-corrected chi connectivity index (χ2v) is 5.03. The molecule has 0 aliphatic heterocycles. The van der Waals surface area contributed by atoms with E-state index in [1.54, 1.807) is 31.3 Å². The number of ether oxygens (including phenoxy) is 1. The summed E-state index contributed by atoms with van der Waals surface area (Å²) in [6.45, 7) is 0. The molecule has 1 amide bonds. The third kappa shape index (κ3) is 2.89. The summed E-state index contributed by atoms with van der Waals surface area (Å²) in [5.74, 6) is -0.414. The third-order valence-electron chi connectivity index (χ3n) is 3.55. The fourth-order valence-corrected chi connectivity index (χ4v) is 2.38. The summed E-state index contributed by atoms with van der Waals surface area (Å²) in [4.78, 5) is 26.8. The Morgan fingerprint density at radius 2 is 1.79 bits per heavy atom. The molecule has 0 bridgehead atoms. The molecule has 3 aromatic rings. The number of benzene rings is 2. The molecule has 6 nitrogen and oxygen atoms in total. The lowest BCUT2D eigenvalue weighted by molar-refractivity contribution is 0.0696. The van der Waals surface area contributed by atoms with Crippen LogP contribution in [0.15, 0.2) is 54.7 Å². The quantitative estimate of drug-likeness (QED) is 0.770. The molecule has 0 atom stereocenters. The van der Waals surface area contributed by atoms with Gasteiger partial charge in [-0.25, -0.2) is 9.78 Å². The van der Waals surface area contributed by atoms with Gasteiger partial charge in [0.2, 0.25) is 5.88 Å². The van der Waals surface area contributed by atoms with Gasteiger partial charge < -0.3 is 15.2 Å². The number of fused-ring (bicyclic) bond motifs is 1. The molecule has 0 aliphatic rings. The second-order valence-electron chi connectivity index (χ2n) is 5.03. The number of nitrogens with one attached hydrogen (secondary N) is 1. The summed E-state index contributed by atoms with van der Waals surface area (Å²) in [6, 6.07) is 13.7. The Balaban J connectivity index is 2.01. The molecule has 3 rings (SSSR count). The molecule has 1 heterocycles. The largest absolute Gasteiger partial charge is 0.478 e. The van der Waals surface area contributed by atoms with Crippen LogP contribution in [0, 0.1) is 0 Å². The van der Waals surface area contributed by atoms with E-state index in [4.69, 9.17) is 9.84 Å². The molecule has 0 saturated heterocycles. The lowest BCUT2D eigenvalue weighted by Crippen LogP contribution is -2.17. The first-order chi connectivity index (χ1) is 11.6. The van der Waals surface area contributed by atoms with E-state index in [1.165, 1.54) is 18.3 Å². The van der Waals surface area contributed by atoms with E-state index in [9.17, 15) is 9.59 Å². The van der Waals surface area contributed by atoms with Gasteiger partial charge in [0, 0.05) is 30.3 Å². The Kier molecular flexibility index (Phi) is 4.11. The van der Waals surface area contributed by atoms with Crippen molar-refractivity contribution in [1.82, 2.24) is 10.3 Å². The standard InChI is InChI=1S/C18H14N2O4/c1-19-17(21)14-6-2-5-13-12(14)4-3-7-15(13)24-16-9-8-11(10-20-16)18(22)23/h2-10H,1H3,(H,19,21)(H,22,23). The van der Waals surface area contributed by atoms with E-state index in [1.807, 2.05) is 12.1 Å². The molecule has 0 unspecified atom stereocenters. The number of carbonyl (C=O) groups excluding carboxylic acids is 1. The number of pyridine rings is 1. The first-order valence-corrected chi connectivity index (χ1v) is 7.21. The van der Waals surface area contributed by atoms with Crippen LogP contribution >= 0.6 is 0 Å². The second kappa shape index (κ2) is 6.37. The monoisotopic (exact) mass is 322 g/mol. The van der Waals surface area contributed by atoms with E-state index >= 15 is 0 Å². The first kappa shape index (κ1) is 15.5. The molecule has 120 valence electrons. The predicted octanol–water partition coefficient (Wildman–Crippen LogP) is 3.08. The van der Waals surface area contributed by atoms with Gasteiger partial charge in [-0.15, -0.1) is 0 Å². The third-order valence-corrected chi connectivity index (χ3v) is 3.55. The summed E-state index contributed by atoms with van der Waals surface area (Å²) >= 11 is 0. The van der Waals surface area contributed by atoms with Crippen molar-refractivity contribution < 1.29 is 19.4 Å². The summed E-state index contributed by atoms with van der Waals surface area (Å²) in [6.07, 6.45) is 1.23.